The molecule has 5 N–H and O–H groups in total. The van der Waals surface area contributed by atoms with Crippen molar-refractivity contribution in [3.63, 3.8) is 0 Å². The van der Waals surface area contributed by atoms with Crippen LogP contribution in [-0.2, 0) is 11.2 Å². The van der Waals surface area contributed by atoms with E-state index in [4.69, 9.17) is 14.2 Å². The highest BCUT2D eigenvalue weighted by atomic mass is 16.7. The first-order chi connectivity index (χ1) is 16.9. The Hall–Kier alpha value is -2.17. The van der Waals surface area contributed by atoms with E-state index in [1.54, 1.807) is 0 Å². The molecule has 2 aliphatic rings. The monoisotopic (exact) mass is 490 g/mol. The summed E-state index contributed by atoms with van der Waals surface area (Å²) in [6.45, 7) is 3.56. The Balaban J connectivity index is 1.57. The first kappa shape index (κ1) is 25.9. The second-order valence-corrected chi connectivity index (χ2v) is 9.91. The normalized spacial score (nSPS) is 28.1. The lowest BCUT2D eigenvalue weighted by atomic mass is 9.98. The lowest BCUT2D eigenvalue weighted by Crippen LogP contribution is -2.60. The summed E-state index contributed by atoms with van der Waals surface area (Å²) in [6.07, 6.45) is 0.851. The van der Waals surface area contributed by atoms with Crippen LogP contribution in [0.1, 0.15) is 75.1 Å². The zero-order valence-corrected chi connectivity index (χ0v) is 20.5. The zero-order chi connectivity index (χ0) is 24.9. The van der Waals surface area contributed by atoms with Crippen LogP contribution in [-0.4, -0.2) is 74.0 Å². The van der Waals surface area contributed by atoms with E-state index in [0.717, 1.165) is 35.4 Å². The van der Waals surface area contributed by atoms with E-state index < -0.39 is 37.3 Å². The van der Waals surface area contributed by atoms with Crippen molar-refractivity contribution in [2.45, 2.75) is 102 Å². The molecule has 1 aromatic carbocycles. The smallest absolute Gasteiger partial charge is 0.238 e. The van der Waals surface area contributed by atoms with Crippen molar-refractivity contribution >= 4 is 0 Å². The minimum absolute atomic E-state index is 0.125. The highest BCUT2D eigenvalue weighted by Gasteiger charge is 2.45. The molecule has 2 fully saturated rings. The number of rotatable bonds is 8. The molecule has 2 heterocycles. The van der Waals surface area contributed by atoms with Crippen molar-refractivity contribution in [1.29, 1.82) is 0 Å². The quantitative estimate of drug-likeness (QED) is 0.356. The molecule has 1 unspecified atom stereocenters. The second-order valence-electron chi connectivity index (χ2n) is 9.91. The van der Waals surface area contributed by atoms with Gasteiger partial charge in [-0.1, -0.05) is 44.9 Å². The molecule has 1 aliphatic heterocycles. The zero-order valence-electron chi connectivity index (χ0n) is 20.5. The molecule has 35 heavy (non-hydrogen) atoms. The van der Waals surface area contributed by atoms with Crippen molar-refractivity contribution in [2.24, 2.45) is 0 Å². The number of aromatic nitrogens is 2. The molecule has 5 atom stereocenters. The molecule has 0 radical (unpaired) electrons. The number of aliphatic hydroxyl groups excluding tert-OH is 4. The number of benzene rings is 1. The van der Waals surface area contributed by atoms with E-state index in [2.05, 4.69) is 10.2 Å². The van der Waals surface area contributed by atoms with Crippen LogP contribution in [0.4, 0.5) is 0 Å². The summed E-state index contributed by atoms with van der Waals surface area (Å²) >= 11 is 0. The molecule has 9 nitrogen and oxygen atoms in total. The summed E-state index contributed by atoms with van der Waals surface area (Å²) in [7, 11) is 0. The Morgan fingerprint density at radius 2 is 1.71 bits per heavy atom. The molecule has 4 rings (SSSR count). The molecule has 0 bridgehead atoms. The van der Waals surface area contributed by atoms with Crippen LogP contribution in [0, 0.1) is 0 Å². The molecule has 1 aliphatic carbocycles. The fourth-order valence-corrected chi connectivity index (χ4v) is 4.88. The van der Waals surface area contributed by atoms with Crippen molar-refractivity contribution in [2.75, 3.05) is 6.61 Å². The second kappa shape index (κ2) is 11.7. The molecular weight excluding hydrogens is 452 g/mol. The van der Waals surface area contributed by atoms with Gasteiger partial charge in [0.1, 0.15) is 30.2 Å². The van der Waals surface area contributed by atoms with Gasteiger partial charge in [0.15, 0.2) is 0 Å². The lowest BCUT2D eigenvalue weighted by Gasteiger charge is -2.39. The average Bonchev–Trinajstić information content (AvgIpc) is 3.06. The Kier molecular flexibility index (Phi) is 8.67. The Morgan fingerprint density at radius 1 is 1.00 bits per heavy atom. The molecule has 0 amide bonds. The van der Waals surface area contributed by atoms with Crippen LogP contribution < -0.4 is 9.47 Å². The number of hydrogen-bond acceptors (Lipinski definition) is 8. The number of aliphatic hydroxyl groups is 4. The molecule has 1 aromatic heterocycles. The van der Waals surface area contributed by atoms with E-state index in [0.29, 0.717) is 6.42 Å². The Bertz CT molecular complexity index is 940. The van der Waals surface area contributed by atoms with E-state index in [1.165, 1.54) is 25.7 Å². The largest absolute Gasteiger partial charge is 0.490 e. The number of ether oxygens (including phenoxy) is 3. The molecular formula is C26H38N2O7. The van der Waals surface area contributed by atoms with Crippen molar-refractivity contribution < 1.29 is 34.6 Å². The average molecular weight is 491 g/mol. The number of aromatic amines is 1. The van der Waals surface area contributed by atoms with Gasteiger partial charge in [-0.15, -0.1) is 5.10 Å². The van der Waals surface area contributed by atoms with E-state index in [-0.39, 0.29) is 17.9 Å². The third-order valence-corrected chi connectivity index (χ3v) is 6.95. The van der Waals surface area contributed by atoms with Gasteiger partial charge in [-0.2, -0.15) is 0 Å². The van der Waals surface area contributed by atoms with Crippen LogP contribution >= 0.6 is 0 Å². The fourth-order valence-electron chi connectivity index (χ4n) is 4.88. The summed E-state index contributed by atoms with van der Waals surface area (Å²) < 4.78 is 17.9. The summed E-state index contributed by atoms with van der Waals surface area (Å²) in [5.74, 6) is 1.20. The van der Waals surface area contributed by atoms with Gasteiger partial charge in [-0.3, -0.25) is 5.10 Å². The Labute approximate surface area is 206 Å². The molecule has 1 saturated carbocycles. The summed E-state index contributed by atoms with van der Waals surface area (Å²) in [5.41, 5.74) is 2.68. The molecule has 1 saturated heterocycles. The van der Waals surface area contributed by atoms with Crippen LogP contribution in [0.25, 0.3) is 0 Å². The van der Waals surface area contributed by atoms with Gasteiger partial charge in [0.2, 0.25) is 12.2 Å². The number of hydrogen-bond donors (Lipinski definition) is 5. The topological polar surface area (TPSA) is 137 Å². The van der Waals surface area contributed by atoms with E-state index >= 15 is 0 Å². The highest BCUT2D eigenvalue weighted by Crippen LogP contribution is 2.34. The first-order valence-corrected chi connectivity index (χ1v) is 12.7. The minimum atomic E-state index is -1.52. The summed E-state index contributed by atoms with van der Waals surface area (Å²) in [4.78, 5) is 0. The highest BCUT2D eigenvalue weighted by molar-refractivity contribution is 5.43. The van der Waals surface area contributed by atoms with Crippen LogP contribution in [0.2, 0.25) is 0 Å². The maximum atomic E-state index is 10.4. The van der Waals surface area contributed by atoms with Gasteiger partial charge in [-0.05, 0) is 43.2 Å². The summed E-state index contributed by atoms with van der Waals surface area (Å²) in [6, 6.07) is 7.97. The molecule has 194 valence electrons. The van der Waals surface area contributed by atoms with Crippen molar-refractivity contribution in [3.05, 3.63) is 41.1 Å². The third kappa shape index (κ3) is 5.98. The van der Waals surface area contributed by atoms with Gasteiger partial charge < -0.3 is 34.6 Å². The van der Waals surface area contributed by atoms with Crippen LogP contribution in [0.3, 0.4) is 0 Å². The number of nitrogens with zero attached hydrogens (tertiary/aromatic N) is 1. The molecule has 2 aromatic rings. The van der Waals surface area contributed by atoms with Gasteiger partial charge in [0.25, 0.3) is 0 Å². The summed E-state index contributed by atoms with van der Waals surface area (Å²) in [5, 5.41) is 47.5. The third-order valence-electron chi connectivity index (χ3n) is 6.95. The predicted molar refractivity (Wildman–Crippen MR) is 128 cm³/mol. The maximum absolute atomic E-state index is 10.4. The minimum Gasteiger partial charge on any atom is -0.490 e. The van der Waals surface area contributed by atoms with Crippen LogP contribution in [0.5, 0.6) is 11.6 Å². The van der Waals surface area contributed by atoms with Gasteiger partial charge in [0, 0.05) is 17.7 Å². The first-order valence-electron chi connectivity index (χ1n) is 12.7. The fraction of sp³-hybridized carbons (Fsp3) is 0.654. The van der Waals surface area contributed by atoms with Crippen molar-refractivity contribution in [1.82, 2.24) is 10.2 Å². The number of nitrogens with one attached hydrogen (secondary N) is 1. The lowest BCUT2D eigenvalue weighted by molar-refractivity contribution is -0.278. The molecule has 9 heteroatoms. The van der Waals surface area contributed by atoms with Gasteiger partial charge in [-0.25, -0.2) is 0 Å². The van der Waals surface area contributed by atoms with E-state index in [1.807, 2.05) is 38.1 Å². The number of H-pyrrole nitrogens is 1. The Morgan fingerprint density at radius 3 is 2.40 bits per heavy atom. The van der Waals surface area contributed by atoms with Crippen molar-refractivity contribution in [3.8, 4) is 11.6 Å². The maximum Gasteiger partial charge on any atom is 0.238 e. The SMILES string of the molecule is CC(C)c1[nH]nc(OC2O[C@H](CO)[C@@H](O)[C@H](O)[C@H]2O)c1Cc1ccccc1OC1CCCCCC1. The molecule has 0 spiro atoms. The standard InChI is InChI=1S/C26H38N2O7/c1-15(2)21-18(13-16-9-7-8-12-19(16)33-17-10-5-3-4-6-11-17)25(28-27-21)35-26-24(32)23(31)22(30)20(14-29)34-26/h7-9,12,15,17,20,22-24,26,29-32H,3-6,10-11,13-14H2,1-2H3,(H,27,28)/t20-,22-,23+,24-,26?/m1/s1. The number of para-hydroxylation sites is 1. The van der Waals surface area contributed by atoms with Crippen LogP contribution in [0.15, 0.2) is 24.3 Å². The van der Waals surface area contributed by atoms with Gasteiger partial charge in [0.05, 0.1) is 12.7 Å². The predicted octanol–water partition coefficient (Wildman–Crippen LogP) is 2.40. The van der Waals surface area contributed by atoms with Gasteiger partial charge >= 0.3 is 0 Å². The van der Waals surface area contributed by atoms with E-state index in [9.17, 15) is 20.4 Å².